The van der Waals surface area contributed by atoms with Crippen LogP contribution in [0.2, 0.25) is 0 Å². The molecule has 1 saturated carbocycles. The number of hydrogen-bond donors (Lipinski definition) is 2. The van der Waals surface area contributed by atoms with E-state index >= 15 is 0 Å². The lowest BCUT2D eigenvalue weighted by Gasteiger charge is -2.53. The monoisotopic (exact) mass is 609 g/mol. The molecule has 2 N–H and O–H groups in total. The molecule has 2 aromatic carbocycles. The summed E-state index contributed by atoms with van der Waals surface area (Å²) >= 11 is 0. The van der Waals surface area contributed by atoms with E-state index in [9.17, 15) is 4.79 Å². The Labute approximate surface area is 262 Å². The summed E-state index contributed by atoms with van der Waals surface area (Å²) in [6, 6.07) is 14.6. The van der Waals surface area contributed by atoms with Gasteiger partial charge in [0.05, 0.1) is 65.5 Å². The molecule has 2 aliphatic carbocycles. The number of benzene rings is 2. The Morgan fingerprint density at radius 1 is 0.841 bits per heavy atom. The number of fused-ring (bicyclic) bond motifs is 4. The zero-order chi connectivity index (χ0) is 30.8. The molecule has 1 saturated heterocycles. The van der Waals surface area contributed by atoms with E-state index in [0.29, 0.717) is 77.7 Å². The van der Waals surface area contributed by atoms with Gasteiger partial charge in [-0.05, 0) is 85.0 Å². The van der Waals surface area contributed by atoms with Crippen LogP contribution in [0.1, 0.15) is 49.0 Å². The third-order valence-electron chi connectivity index (χ3n) is 9.42. The smallest absolute Gasteiger partial charge is 0.180 e. The Kier molecular flexibility index (Phi) is 12.1. The molecule has 2 aromatic rings. The fourth-order valence-corrected chi connectivity index (χ4v) is 6.53. The fraction of sp³-hybridized carbons (Fsp3) is 0.629. The van der Waals surface area contributed by atoms with Gasteiger partial charge in [-0.1, -0.05) is 19.9 Å². The van der Waals surface area contributed by atoms with E-state index in [1.54, 1.807) is 7.11 Å². The maximum atomic E-state index is 13.7. The van der Waals surface area contributed by atoms with Crippen molar-refractivity contribution in [1.82, 2.24) is 4.90 Å². The first-order chi connectivity index (χ1) is 21.5. The molecule has 0 amide bonds. The standard InChI is InChI=1S/C35H51N3O6/c1-26-33-34(39)31-10-9-30(24-32(31)35(26,2)11-13-38(33)25-27-7-8-27)37-29-6-4-5-28(23-29)36-12-14-41-17-18-43-21-22-44-20-19-42-16-15-40-3/h4-6,9-10,23-24,26-27,33,36-37H,7-8,11-22,25H2,1-3H3/t26-,33-,35+/m0/s1. The van der Waals surface area contributed by atoms with Gasteiger partial charge in [0.2, 0.25) is 0 Å². The normalized spacial score (nSPS) is 23.0. The van der Waals surface area contributed by atoms with Gasteiger partial charge in [0.25, 0.3) is 0 Å². The number of carbonyl (C=O) groups excluding carboxylic acids is 1. The molecule has 2 fully saturated rings. The summed E-state index contributed by atoms with van der Waals surface area (Å²) in [4.78, 5) is 16.2. The molecule has 0 spiro atoms. The van der Waals surface area contributed by atoms with E-state index < -0.39 is 0 Å². The van der Waals surface area contributed by atoms with Gasteiger partial charge in [0.15, 0.2) is 5.78 Å². The van der Waals surface area contributed by atoms with Crippen molar-refractivity contribution >= 4 is 22.8 Å². The van der Waals surface area contributed by atoms with Crippen LogP contribution in [0.15, 0.2) is 42.5 Å². The minimum Gasteiger partial charge on any atom is -0.383 e. The zero-order valence-electron chi connectivity index (χ0n) is 26.8. The second-order valence-corrected chi connectivity index (χ2v) is 12.5. The lowest BCUT2D eigenvalue weighted by atomic mass is 9.58. The maximum Gasteiger partial charge on any atom is 0.180 e. The maximum absolute atomic E-state index is 13.7. The molecule has 1 aliphatic heterocycles. The summed E-state index contributed by atoms with van der Waals surface area (Å²) in [5, 5.41) is 7.02. The molecule has 3 aliphatic rings. The molecule has 2 bridgehead atoms. The molecular weight excluding hydrogens is 558 g/mol. The average molecular weight is 610 g/mol. The summed E-state index contributed by atoms with van der Waals surface area (Å²) in [7, 11) is 1.66. The molecule has 44 heavy (non-hydrogen) atoms. The summed E-state index contributed by atoms with van der Waals surface area (Å²) in [5.74, 6) is 1.41. The number of nitrogens with one attached hydrogen (secondary N) is 2. The molecule has 9 heteroatoms. The highest BCUT2D eigenvalue weighted by molar-refractivity contribution is 6.04. The number of ether oxygens (including phenoxy) is 5. The number of nitrogens with zero attached hydrogens (tertiary/aromatic N) is 1. The van der Waals surface area contributed by atoms with Crippen molar-refractivity contribution in [3.63, 3.8) is 0 Å². The number of ketones is 1. The van der Waals surface area contributed by atoms with Gasteiger partial charge in [-0.25, -0.2) is 0 Å². The van der Waals surface area contributed by atoms with Crippen molar-refractivity contribution in [3.8, 4) is 0 Å². The van der Waals surface area contributed by atoms with Crippen molar-refractivity contribution in [2.24, 2.45) is 11.8 Å². The minimum absolute atomic E-state index is 0.00729. The Hall–Kier alpha value is -2.53. The van der Waals surface area contributed by atoms with Gasteiger partial charge in [0.1, 0.15) is 0 Å². The number of carbonyl (C=O) groups is 1. The summed E-state index contributed by atoms with van der Waals surface area (Å²) in [6.45, 7) is 12.5. The number of anilines is 3. The van der Waals surface area contributed by atoms with Gasteiger partial charge in [-0.2, -0.15) is 0 Å². The van der Waals surface area contributed by atoms with Crippen LogP contribution in [0.5, 0.6) is 0 Å². The molecule has 3 atom stereocenters. The Balaban J connectivity index is 1.02. The van der Waals surface area contributed by atoms with Gasteiger partial charge in [-0.3, -0.25) is 9.69 Å². The van der Waals surface area contributed by atoms with Gasteiger partial charge >= 0.3 is 0 Å². The van der Waals surface area contributed by atoms with Gasteiger partial charge in [-0.15, -0.1) is 0 Å². The predicted molar refractivity (Wildman–Crippen MR) is 173 cm³/mol. The highest BCUT2D eigenvalue weighted by atomic mass is 16.6. The molecule has 0 radical (unpaired) electrons. The number of rotatable bonds is 20. The van der Waals surface area contributed by atoms with Crippen LogP contribution in [0, 0.1) is 11.8 Å². The highest BCUT2D eigenvalue weighted by Crippen LogP contribution is 2.50. The van der Waals surface area contributed by atoms with E-state index in [2.05, 4.69) is 65.8 Å². The van der Waals surface area contributed by atoms with Crippen LogP contribution in [0.4, 0.5) is 17.1 Å². The highest BCUT2D eigenvalue weighted by Gasteiger charge is 2.52. The third kappa shape index (κ3) is 8.59. The van der Waals surface area contributed by atoms with Crippen molar-refractivity contribution in [1.29, 1.82) is 0 Å². The summed E-state index contributed by atoms with van der Waals surface area (Å²) < 4.78 is 27.0. The molecule has 5 rings (SSSR count). The van der Waals surface area contributed by atoms with Crippen molar-refractivity contribution in [3.05, 3.63) is 53.6 Å². The molecule has 0 aromatic heterocycles. The largest absolute Gasteiger partial charge is 0.383 e. The van der Waals surface area contributed by atoms with E-state index in [0.717, 1.165) is 48.1 Å². The lowest BCUT2D eigenvalue weighted by molar-refractivity contribution is -0.00700. The van der Waals surface area contributed by atoms with E-state index in [1.807, 2.05) is 6.07 Å². The Morgan fingerprint density at radius 2 is 1.48 bits per heavy atom. The number of Topliss-reactive ketones (excluding diaryl/α,β-unsaturated/α-hetero) is 1. The first kappa shape index (κ1) is 32.9. The fourth-order valence-electron chi connectivity index (χ4n) is 6.53. The zero-order valence-corrected chi connectivity index (χ0v) is 26.8. The van der Waals surface area contributed by atoms with Crippen LogP contribution >= 0.6 is 0 Å². The minimum atomic E-state index is 0.00729. The second-order valence-electron chi connectivity index (χ2n) is 12.5. The number of hydrogen-bond acceptors (Lipinski definition) is 9. The Bertz CT molecular complexity index is 1210. The van der Waals surface area contributed by atoms with Crippen molar-refractivity contribution < 1.29 is 28.5 Å². The molecule has 0 unspecified atom stereocenters. The lowest BCUT2D eigenvalue weighted by Crippen LogP contribution is -2.61. The van der Waals surface area contributed by atoms with Crippen LogP contribution in [0.3, 0.4) is 0 Å². The first-order valence-electron chi connectivity index (χ1n) is 16.3. The van der Waals surface area contributed by atoms with E-state index in [4.69, 9.17) is 23.7 Å². The van der Waals surface area contributed by atoms with Crippen LogP contribution in [-0.4, -0.2) is 103 Å². The third-order valence-corrected chi connectivity index (χ3v) is 9.42. The first-order valence-corrected chi connectivity index (χ1v) is 16.3. The van der Waals surface area contributed by atoms with Crippen LogP contribution < -0.4 is 10.6 Å². The summed E-state index contributed by atoms with van der Waals surface area (Å²) in [6.07, 6.45) is 3.73. The number of likely N-dealkylation sites (tertiary alicyclic amines) is 1. The number of methoxy groups -OCH3 is 1. The summed E-state index contributed by atoms with van der Waals surface area (Å²) in [5.41, 5.74) is 5.17. The molecule has 1 heterocycles. The molecular formula is C35H51N3O6. The van der Waals surface area contributed by atoms with Gasteiger partial charge < -0.3 is 34.3 Å². The Morgan fingerprint density at radius 3 is 2.16 bits per heavy atom. The SMILES string of the molecule is COCCOCCOCCOCCOCCNc1cccc(Nc2ccc3c(c2)[C@]2(C)CCN(CC4CC4)[C@H](C3=O)[C@@H]2C)c1. The quantitative estimate of drug-likeness (QED) is 0.198. The van der Waals surface area contributed by atoms with Crippen LogP contribution in [-0.2, 0) is 29.1 Å². The predicted octanol–water partition coefficient (Wildman–Crippen LogP) is 5.13. The van der Waals surface area contributed by atoms with Crippen LogP contribution in [0.25, 0.3) is 0 Å². The van der Waals surface area contributed by atoms with Crippen molar-refractivity contribution in [2.45, 2.75) is 44.6 Å². The topological polar surface area (TPSA) is 90.5 Å². The average Bonchev–Trinajstić information content (AvgIpc) is 3.85. The molecule has 242 valence electrons. The second kappa shape index (κ2) is 16.2. The van der Waals surface area contributed by atoms with Gasteiger partial charge in [0, 0.05) is 42.8 Å². The van der Waals surface area contributed by atoms with E-state index in [1.165, 1.54) is 18.4 Å². The molecule has 9 nitrogen and oxygen atoms in total. The van der Waals surface area contributed by atoms with Crippen molar-refractivity contribution in [2.75, 3.05) is 96.8 Å². The number of piperidine rings is 1. The van der Waals surface area contributed by atoms with E-state index in [-0.39, 0.29) is 11.5 Å².